The Kier molecular flexibility index (Phi) is 6.54. The summed E-state index contributed by atoms with van der Waals surface area (Å²) >= 11 is 7.45. The molecule has 9 heteroatoms. The molecular formula is C20H21ClN2O5S. The molecule has 1 aliphatic rings. The van der Waals surface area contributed by atoms with E-state index in [9.17, 15) is 19.7 Å². The van der Waals surface area contributed by atoms with E-state index in [1.165, 1.54) is 23.5 Å². The maximum absolute atomic E-state index is 12.8. The van der Waals surface area contributed by atoms with Crippen LogP contribution in [0.25, 0.3) is 0 Å². The number of nitrogens with one attached hydrogen (secondary N) is 1. The number of nitro benzene ring substituents is 1. The largest absolute Gasteiger partial charge is 0.462 e. The summed E-state index contributed by atoms with van der Waals surface area (Å²) in [5.74, 6) is -0.527. The molecule has 0 fully saturated rings. The Bertz CT molecular complexity index is 972. The van der Waals surface area contributed by atoms with Gasteiger partial charge in [-0.15, -0.1) is 11.3 Å². The van der Waals surface area contributed by atoms with Gasteiger partial charge >= 0.3 is 5.97 Å². The van der Waals surface area contributed by atoms with Gasteiger partial charge < -0.3 is 10.1 Å². The van der Waals surface area contributed by atoms with Crippen LogP contribution in [0.2, 0.25) is 5.02 Å². The second-order valence-corrected chi connectivity index (χ2v) is 8.33. The van der Waals surface area contributed by atoms with Gasteiger partial charge in [0.15, 0.2) is 0 Å². The minimum Gasteiger partial charge on any atom is -0.462 e. The molecule has 0 bridgehead atoms. The first kappa shape index (κ1) is 21.3. The molecule has 1 heterocycles. The zero-order chi connectivity index (χ0) is 21.1. The van der Waals surface area contributed by atoms with Crippen molar-refractivity contribution in [1.82, 2.24) is 0 Å². The van der Waals surface area contributed by atoms with Crippen LogP contribution < -0.4 is 5.32 Å². The minimum absolute atomic E-state index is 0.0199. The molecule has 0 aliphatic heterocycles. The number of nitro groups is 1. The molecule has 0 saturated heterocycles. The summed E-state index contributed by atoms with van der Waals surface area (Å²) in [6.07, 6.45) is 3.65. The smallest absolute Gasteiger partial charge is 0.341 e. The van der Waals surface area contributed by atoms with Gasteiger partial charge in [-0.05, 0) is 43.7 Å². The minimum atomic E-state index is -0.602. The number of carbonyl (C=O) groups is 2. The van der Waals surface area contributed by atoms with Gasteiger partial charge in [0.05, 0.1) is 27.7 Å². The van der Waals surface area contributed by atoms with Crippen LogP contribution >= 0.6 is 22.9 Å². The summed E-state index contributed by atoms with van der Waals surface area (Å²) in [4.78, 5) is 36.9. The second-order valence-electron chi connectivity index (χ2n) is 6.82. The highest BCUT2D eigenvalue weighted by molar-refractivity contribution is 7.17. The number of halogens is 1. The number of ether oxygens (including phenoxy) is 1. The molecule has 0 radical (unpaired) electrons. The van der Waals surface area contributed by atoms with Crippen LogP contribution in [-0.4, -0.2) is 23.4 Å². The lowest BCUT2D eigenvalue weighted by Gasteiger charge is -2.20. The van der Waals surface area contributed by atoms with E-state index in [-0.39, 0.29) is 22.9 Å². The van der Waals surface area contributed by atoms with Crippen molar-refractivity contribution >= 4 is 45.5 Å². The van der Waals surface area contributed by atoms with Crippen LogP contribution in [0, 0.1) is 16.0 Å². The molecule has 7 nitrogen and oxygen atoms in total. The number of hydrogen-bond acceptors (Lipinski definition) is 6. The molecule has 0 spiro atoms. The molecule has 1 atom stereocenters. The maximum atomic E-state index is 12.8. The fraction of sp³-hybridized carbons (Fsp3) is 0.400. The molecule has 1 N–H and O–H groups in total. The summed E-state index contributed by atoms with van der Waals surface area (Å²) in [5.41, 5.74) is 1.06. The van der Waals surface area contributed by atoms with E-state index in [1.54, 1.807) is 6.92 Å². The summed E-state index contributed by atoms with van der Waals surface area (Å²) < 4.78 is 5.21. The van der Waals surface area contributed by atoms with Crippen molar-refractivity contribution in [2.45, 2.75) is 39.5 Å². The first-order chi connectivity index (χ1) is 13.8. The molecule has 29 heavy (non-hydrogen) atoms. The third-order valence-corrected chi connectivity index (χ3v) is 6.56. The van der Waals surface area contributed by atoms with E-state index < -0.39 is 16.8 Å². The number of esters is 1. The van der Waals surface area contributed by atoms with Crippen molar-refractivity contribution in [2.75, 3.05) is 11.9 Å². The summed E-state index contributed by atoms with van der Waals surface area (Å²) in [6, 6.07) is 3.67. The summed E-state index contributed by atoms with van der Waals surface area (Å²) in [6.45, 7) is 4.10. The van der Waals surface area contributed by atoms with E-state index >= 15 is 0 Å². The fourth-order valence-corrected chi connectivity index (χ4v) is 5.03. The Labute approximate surface area is 177 Å². The standard InChI is InChI=1S/C20H21ClN2O5S/c1-3-11-5-7-13-16(9-11)29-19(17(13)20(25)28-4-2)22-18(24)14-10-12(23(26)27)6-8-15(14)21/h6,8,10-11H,3-5,7,9H2,1-2H3,(H,22,24)/t11-/m1/s1. The Hall–Kier alpha value is -2.45. The van der Waals surface area contributed by atoms with Crippen LogP contribution in [0.3, 0.4) is 0 Å². The number of thiophene rings is 1. The number of fused-ring (bicyclic) bond motifs is 1. The molecule has 1 aliphatic carbocycles. The number of anilines is 1. The van der Waals surface area contributed by atoms with Crippen molar-refractivity contribution in [3.8, 4) is 0 Å². The van der Waals surface area contributed by atoms with Gasteiger partial charge in [-0.3, -0.25) is 14.9 Å². The number of benzene rings is 1. The SMILES string of the molecule is CCOC(=O)c1c(NC(=O)c2cc([N+](=O)[O-])ccc2Cl)sc2c1CC[C@@H](CC)C2. The number of rotatable bonds is 6. The predicted molar refractivity (Wildman–Crippen MR) is 112 cm³/mol. The van der Waals surface area contributed by atoms with Crippen LogP contribution in [0.1, 0.15) is 57.8 Å². The molecule has 1 aromatic heterocycles. The third kappa shape index (κ3) is 4.43. The van der Waals surface area contributed by atoms with E-state index in [0.717, 1.165) is 42.2 Å². The van der Waals surface area contributed by atoms with Gasteiger partial charge in [-0.2, -0.15) is 0 Å². The average molecular weight is 437 g/mol. The first-order valence-electron chi connectivity index (χ1n) is 9.42. The van der Waals surface area contributed by atoms with E-state index in [1.807, 2.05) is 0 Å². The van der Waals surface area contributed by atoms with Crippen LogP contribution in [-0.2, 0) is 17.6 Å². The predicted octanol–water partition coefficient (Wildman–Crippen LogP) is 5.25. The molecule has 1 amide bonds. The topological polar surface area (TPSA) is 98.5 Å². The van der Waals surface area contributed by atoms with Gasteiger partial charge in [0.1, 0.15) is 5.00 Å². The number of amides is 1. The Morgan fingerprint density at radius 3 is 2.79 bits per heavy atom. The van der Waals surface area contributed by atoms with Crippen molar-refractivity contribution < 1.29 is 19.2 Å². The van der Waals surface area contributed by atoms with Crippen LogP contribution in [0.15, 0.2) is 18.2 Å². The van der Waals surface area contributed by atoms with Crippen molar-refractivity contribution in [1.29, 1.82) is 0 Å². The highest BCUT2D eigenvalue weighted by Crippen LogP contribution is 2.41. The second kappa shape index (κ2) is 8.92. The quantitative estimate of drug-likeness (QED) is 0.378. The molecule has 3 rings (SSSR count). The van der Waals surface area contributed by atoms with Crippen molar-refractivity contribution in [3.05, 3.63) is 54.9 Å². The van der Waals surface area contributed by atoms with E-state index in [4.69, 9.17) is 16.3 Å². The number of hydrogen-bond donors (Lipinski definition) is 1. The van der Waals surface area contributed by atoms with Crippen molar-refractivity contribution in [3.63, 3.8) is 0 Å². The van der Waals surface area contributed by atoms with E-state index in [0.29, 0.717) is 16.5 Å². The lowest BCUT2D eigenvalue weighted by atomic mass is 9.85. The molecule has 2 aromatic rings. The molecule has 1 aromatic carbocycles. The third-order valence-electron chi connectivity index (χ3n) is 5.06. The Balaban J connectivity index is 1.97. The lowest BCUT2D eigenvalue weighted by molar-refractivity contribution is -0.384. The monoisotopic (exact) mass is 436 g/mol. The number of non-ortho nitro benzene ring substituents is 1. The normalized spacial score (nSPS) is 15.5. The first-order valence-corrected chi connectivity index (χ1v) is 10.6. The van der Waals surface area contributed by atoms with Gasteiger partial charge in [0.25, 0.3) is 11.6 Å². The van der Waals surface area contributed by atoms with Gasteiger partial charge in [0.2, 0.25) is 0 Å². The number of carbonyl (C=O) groups excluding carboxylic acids is 2. The zero-order valence-corrected chi connectivity index (χ0v) is 17.7. The van der Waals surface area contributed by atoms with Crippen LogP contribution in [0.5, 0.6) is 0 Å². The lowest BCUT2D eigenvalue weighted by Crippen LogP contribution is -2.17. The summed E-state index contributed by atoms with van der Waals surface area (Å²) in [5, 5.41) is 14.3. The van der Waals surface area contributed by atoms with Gasteiger partial charge in [-0.25, -0.2) is 4.79 Å². The maximum Gasteiger partial charge on any atom is 0.341 e. The Morgan fingerprint density at radius 1 is 1.38 bits per heavy atom. The Morgan fingerprint density at radius 2 is 2.14 bits per heavy atom. The average Bonchev–Trinajstić information content (AvgIpc) is 3.04. The molecule has 0 saturated carbocycles. The van der Waals surface area contributed by atoms with Gasteiger partial charge in [-0.1, -0.05) is 24.9 Å². The van der Waals surface area contributed by atoms with Crippen molar-refractivity contribution in [2.24, 2.45) is 5.92 Å². The molecule has 154 valence electrons. The van der Waals surface area contributed by atoms with Crippen LogP contribution in [0.4, 0.5) is 10.7 Å². The van der Waals surface area contributed by atoms with E-state index in [2.05, 4.69) is 12.2 Å². The molecule has 0 unspecified atom stereocenters. The summed E-state index contributed by atoms with van der Waals surface area (Å²) in [7, 11) is 0. The zero-order valence-electron chi connectivity index (χ0n) is 16.1. The molecular weight excluding hydrogens is 416 g/mol. The highest BCUT2D eigenvalue weighted by atomic mass is 35.5. The highest BCUT2D eigenvalue weighted by Gasteiger charge is 2.30. The van der Waals surface area contributed by atoms with Gasteiger partial charge in [0, 0.05) is 17.0 Å². The number of nitrogens with zero attached hydrogens (tertiary/aromatic N) is 1. The fourth-order valence-electron chi connectivity index (χ4n) is 3.48.